The molecule has 0 atom stereocenters. The zero-order chi connectivity index (χ0) is 9.42. The summed E-state index contributed by atoms with van der Waals surface area (Å²) in [6, 6.07) is 5.76. The van der Waals surface area contributed by atoms with Gasteiger partial charge in [-0.15, -0.1) is 0 Å². The van der Waals surface area contributed by atoms with Crippen molar-refractivity contribution in [3.05, 3.63) is 26.8 Å². The van der Waals surface area contributed by atoms with E-state index in [1.165, 1.54) is 0 Å². The summed E-state index contributed by atoms with van der Waals surface area (Å²) >= 11 is 2.14. The highest BCUT2D eigenvalue weighted by Crippen LogP contribution is 2.28. The fraction of sp³-hybridized carbons (Fsp3) is 0.111. The van der Waals surface area contributed by atoms with Crippen LogP contribution in [0.1, 0.15) is 11.1 Å². The van der Waals surface area contributed by atoms with Crippen LogP contribution in [-0.4, -0.2) is 5.91 Å². The average Bonchev–Trinajstić information content (AvgIpc) is 2.43. The Morgan fingerprint density at radius 1 is 1.54 bits per heavy atom. The predicted octanol–water partition coefficient (Wildman–Crippen LogP) is 1.66. The second-order valence-corrected chi connectivity index (χ2v) is 4.07. The summed E-state index contributed by atoms with van der Waals surface area (Å²) < 4.78 is 0.990. The lowest BCUT2D eigenvalue weighted by atomic mass is 10.1. The number of nitrogens with zero attached hydrogens (tertiary/aromatic N) is 1. The van der Waals surface area contributed by atoms with E-state index < -0.39 is 0 Å². The maximum atomic E-state index is 11.1. The lowest BCUT2D eigenvalue weighted by Crippen LogP contribution is -2.04. The van der Waals surface area contributed by atoms with Gasteiger partial charge in [0.05, 0.1) is 17.7 Å². The van der Waals surface area contributed by atoms with Gasteiger partial charge in [0, 0.05) is 3.57 Å². The van der Waals surface area contributed by atoms with E-state index in [0.717, 1.165) is 9.13 Å². The monoisotopic (exact) mass is 284 g/mol. The van der Waals surface area contributed by atoms with Crippen LogP contribution in [0.15, 0.2) is 12.1 Å². The summed E-state index contributed by atoms with van der Waals surface area (Å²) in [5, 5.41) is 11.5. The minimum absolute atomic E-state index is 0.0338. The van der Waals surface area contributed by atoms with Crippen LogP contribution >= 0.6 is 22.6 Å². The zero-order valence-electron chi connectivity index (χ0n) is 6.60. The maximum Gasteiger partial charge on any atom is 0.228 e. The Bertz CT molecular complexity index is 434. The Kier molecular flexibility index (Phi) is 1.96. The van der Waals surface area contributed by atoms with E-state index in [1.807, 2.05) is 6.07 Å². The topological polar surface area (TPSA) is 52.9 Å². The van der Waals surface area contributed by atoms with Crippen molar-refractivity contribution in [2.45, 2.75) is 6.42 Å². The Morgan fingerprint density at radius 2 is 2.31 bits per heavy atom. The van der Waals surface area contributed by atoms with Crippen LogP contribution in [0, 0.1) is 14.9 Å². The van der Waals surface area contributed by atoms with Gasteiger partial charge in [-0.3, -0.25) is 4.79 Å². The molecule has 1 amide bonds. The molecule has 1 aliphatic rings. The van der Waals surface area contributed by atoms with Crippen molar-refractivity contribution in [3.63, 3.8) is 0 Å². The summed E-state index contributed by atoms with van der Waals surface area (Å²) in [7, 11) is 0. The second kappa shape index (κ2) is 3.00. The Hall–Kier alpha value is -1.09. The molecule has 1 aromatic carbocycles. The SMILES string of the molecule is N#Cc1cc(I)cc2c1NC(=O)C2. The maximum absolute atomic E-state index is 11.1. The summed E-state index contributed by atoms with van der Waals surface area (Å²) in [6.07, 6.45) is 0.390. The molecule has 1 heterocycles. The van der Waals surface area contributed by atoms with Gasteiger partial charge in [0.15, 0.2) is 0 Å². The highest BCUT2D eigenvalue weighted by molar-refractivity contribution is 14.1. The van der Waals surface area contributed by atoms with Crippen LogP contribution < -0.4 is 5.32 Å². The molecule has 3 nitrogen and oxygen atoms in total. The van der Waals surface area contributed by atoms with Gasteiger partial charge in [0.1, 0.15) is 6.07 Å². The number of carbonyl (C=O) groups excluding carboxylic acids is 1. The minimum atomic E-state index is -0.0338. The first kappa shape index (κ1) is 8.51. The first-order valence-electron chi connectivity index (χ1n) is 3.73. The number of fused-ring (bicyclic) bond motifs is 1. The van der Waals surface area contributed by atoms with Gasteiger partial charge in [0.2, 0.25) is 5.91 Å². The molecule has 13 heavy (non-hydrogen) atoms. The molecule has 0 radical (unpaired) electrons. The number of rotatable bonds is 0. The van der Waals surface area contributed by atoms with Crippen molar-refractivity contribution in [1.82, 2.24) is 0 Å². The van der Waals surface area contributed by atoms with E-state index in [0.29, 0.717) is 17.7 Å². The number of hydrogen-bond donors (Lipinski definition) is 1. The quantitative estimate of drug-likeness (QED) is 0.737. The zero-order valence-corrected chi connectivity index (χ0v) is 8.75. The van der Waals surface area contributed by atoms with Crippen molar-refractivity contribution >= 4 is 34.2 Å². The van der Waals surface area contributed by atoms with Crippen molar-refractivity contribution < 1.29 is 4.79 Å². The molecule has 0 fully saturated rings. The van der Waals surface area contributed by atoms with Crippen molar-refractivity contribution in [1.29, 1.82) is 5.26 Å². The largest absolute Gasteiger partial charge is 0.324 e. The first-order chi connectivity index (χ1) is 6.20. The lowest BCUT2D eigenvalue weighted by Gasteiger charge is -2.01. The van der Waals surface area contributed by atoms with Gasteiger partial charge in [-0.25, -0.2) is 0 Å². The summed E-state index contributed by atoms with van der Waals surface area (Å²) in [5.74, 6) is -0.0338. The molecule has 1 aromatic rings. The van der Waals surface area contributed by atoms with Crippen LogP contribution in [0.4, 0.5) is 5.69 Å². The highest BCUT2D eigenvalue weighted by Gasteiger charge is 2.20. The normalized spacial score (nSPS) is 13.4. The van der Waals surface area contributed by atoms with Crippen molar-refractivity contribution in [3.8, 4) is 6.07 Å². The van der Waals surface area contributed by atoms with Gasteiger partial charge in [-0.2, -0.15) is 5.26 Å². The van der Waals surface area contributed by atoms with Crippen molar-refractivity contribution in [2.75, 3.05) is 5.32 Å². The predicted molar refractivity (Wildman–Crippen MR) is 56.2 cm³/mol. The Balaban J connectivity index is 2.64. The molecule has 0 bridgehead atoms. The smallest absolute Gasteiger partial charge is 0.228 e. The van der Waals surface area contributed by atoms with Crippen LogP contribution in [0.5, 0.6) is 0 Å². The first-order valence-corrected chi connectivity index (χ1v) is 4.81. The number of nitrogens with one attached hydrogen (secondary N) is 1. The highest BCUT2D eigenvalue weighted by atomic mass is 127. The van der Waals surface area contributed by atoms with E-state index in [2.05, 4.69) is 34.0 Å². The fourth-order valence-corrected chi connectivity index (χ4v) is 2.08. The minimum Gasteiger partial charge on any atom is -0.324 e. The van der Waals surface area contributed by atoms with E-state index >= 15 is 0 Å². The van der Waals surface area contributed by atoms with E-state index in [1.54, 1.807) is 6.07 Å². The second-order valence-electron chi connectivity index (χ2n) is 2.82. The third kappa shape index (κ3) is 1.40. The molecule has 0 saturated carbocycles. The molecule has 0 saturated heterocycles. The van der Waals surface area contributed by atoms with E-state index in [9.17, 15) is 4.79 Å². The molecule has 64 valence electrons. The van der Waals surface area contributed by atoms with Gasteiger partial charge >= 0.3 is 0 Å². The molecule has 0 aliphatic carbocycles. The van der Waals surface area contributed by atoms with Crippen LogP contribution in [0.25, 0.3) is 0 Å². The summed E-state index contributed by atoms with van der Waals surface area (Å²) in [4.78, 5) is 11.1. The number of benzene rings is 1. The third-order valence-electron chi connectivity index (χ3n) is 1.92. The van der Waals surface area contributed by atoms with Gasteiger partial charge in [-0.1, -0.05) is 0 Å². The summed E-state index contributed by atoms with van der Waals surface area (Å²) in [6.45, 7) is 0. The lowest BCUT2D eigenvalue weighted by molar-refractivity contribution is -0.115. The Labute approximate surface area is 88.9 Å². The molecule has 0 spiro atoms. The van der Waals surface area contributed by atoms with Crippen molar-refractivity contribution in [2.24, 2.45) is 0 Å². The molecule has 0 unspecified atom stereocenters. The van der Waals surface area contributed by atoms with Gasteiger partial charge in [0.25, 0.3) is 0 Å². The average molecular weight is 284 g/mol. The number of hydrogen-bond acceptors (Lipinski definition) is 2. The number of anilines is 1. The third-order valence-corrected chi connectivity index (χ3v) is 2.54. The molecular weight excluding hydrogens is 279 g/mol. The fourth-order valence-electron chi connectivity index (χ4n) is 1.40. The Morgan fingerprint density at radius 3 is 3.00 bits per heavy atom. The van der Waals surface area contributed by atoms with Gasteiger partial charge < -0.3 is 5.32 Å². The number of carbonyl (C=O) groups is 1. The van der Waals surface area contributed by atoms with Gasteiger partial charge in [-0.05, 0) is 40.3 Å². The van der Waals surface area contributed by atoms with Crippen LogP contribution in [0.3, 0.4) is 0 Å². The molecule has 1 N–H and O–H groups in total. The number of amides is 1. The molecule has 1 aliphatic heterocycles. The molecular formula is C9H5IN2O. The molecule has 0 aromatic heterocycles. The number of nitriles is 1. The molecule has 4 heteroatoms. The van der Waals surface area contributed by atoms with E-state index in [4.69, 9.17) is 5.26 Å². The standard InChI is InChI=1S/C9H5IN2O/c10-7-1-5-3-8(13)12-9(5)6(2-7)4-11/h1-2H,3H2,(H,12,13). The summed E-state index contributed by atoms with van der Waals surface area (Å²) in [5.41, 5.74) is 2.16. The molecule has 2 rings (SSSR count). The van der Waals surface area contributed by atoms with Crippen LogP contribution in [0.2, 0.25) is 0 Å². The number of halogens is 1. The van der Waals surface area contributed by atoms with E-state index in [-0.39, 0.29) is 5.91 Å². The van der Waals surface area contributed by atoms with Crippen LogP contribution in [-0.2, 0) is 11.2 Å².